The van der Waals surface area contributed by atoms with Gasteiger partial charge in [-0.05, 0) is 44.1 Å². The van der Waals surface area contributed by atoms with Gasteiger partial charge in [0.15, 0.2) is 0 Å². The van der Waals surface area contributed by atoms with Crippen molar-refractivity contribution in [3.05, 3.63) is 5.21 Å². The van der Waals surface area contributed by atoms with Crippen LogP contribution in [0.3, 0.4) is 0 Å². The smallest absolute Gasteiger partial charge is 0.223 e. The maximum Gasteiger partial charge on any atom is 0.223 e. The zero-order valence-electron chi connectivity index (χ0n) is 10.8. The minimum absolute atomic E-state index is 0.104. The van der Waals surface area contributed by atoms with Crippen LogP contribution in [-0.2, 0) is 4.79 Å². The van der Waals surface area contributed by atoms with E-state index in [0.717, 1.165) is 12.8 Å². The Morgan fingerprint density at radius 3 is 2.72 bits per heavy atom. The van der Waals surface area contributed by atoms with Crippen molar-refractivity contribution in [2.75, 3.05) is 6.54 Å². The molecule has 3 saturated heterocycles. The maximum atomic E-state index is 12.3. The lowest BCUT2D eigenvalue weighted by atomic mass is 9.74. The number of fused-ring (bicyclic) bond motifs is 3. The molecule has 5 atom stereocenters. The maximum absolute atomic E-state index is 12.3. The minimum atomic E-state index is 0.104. The number of rotatable bonds is 0. The highest BCUT2D eigenvalue weighted by atomic mass is 16.5. The third-order valence-electron chi connectivity index (χ3n) is 5.84. The van der Waals surface area contributed by atoms with E-state index < -0.39 is 0 Å². The number of amides is 1. The van der Waals surface area contributed by atoms with Crippen LogP contribution < -0.4 is 0 Å². The predicted octanol–water partition coefficient (Wildman–Crippen LogP) is 1.74. The third kappa shape index (κ3) is 1.36. The third-order valence-corrected chi connectivity index (χ3v) is 5.84. The summed E-state index contributed by atoms with van der Waals surface area (Å²) in [4.78, 5) is 14.4. The predicted molar refractivity (Wildman–Crippen MR) is 67.6 cm³/mol. The van der Waals surface area contributed by atoms with Crippen LogP contribution in [0.1, 0.15) is 44.9 Å². The average molecular weight is 249 g/mol. The van der Waals surface area contributed by atoms with Gasteiger partial charge in [-0.2, -0.15) is 0 Å². The van der Waals surface area contributed by atoms with Gasteiger partial charge in [-0.3, -0.25) is 4.79 Å². The number of hydroxylamine groups is 2. The van der Waals surface area contributed by atoms with Crippen molar-refractivity contribution >= 4 is 5.91 Å². The summed E-state index contributed by atoms with van der Waals surface area (Å²) in [5.74, 6) is 1.64. The summed E-state index contributed by atoms with van der Waals surface area (Å²) >= 11 is 0. The van der Waals surface area contributed by atoms with Crippen LogP contribution in [0.4, 0.5) is 0 Å². The Bertz CT molecular complexity index is 373. The molecule has 0 N–H and O–H groups in total. The summed E-state index contributed by atoms with van der Waals surface area (Å²) in [5.41, 5.74) is 0. The molecule has 4 fully saturated rings. The SMILES string of the molecule is O=C1CCC2C3C(CCN2[O-])C2CCCCC2N13. The Hall–Kier alpha value is -0.610. The zero-order valence-corrected chi connectivity index (χ0v) is 10.8. The second-order valence-electron chi connectivity index (χ2n) is 6.51. The van der Waals surface area contributed by atoms with Gasteiger partial charge in [0.1, 0.15) is 0 Å². The zero-order chi connectivity index (χ0) is 12.3. The Morgan fingerprint density at radius 2 is 1.83 bits per heavy atom. The molecular formula is C14H21N2O2-. The van der Waals surface area contributed by atoms with Gasteiger partial charge < -0.3 is 15.2 Å². The van der Waals surface area contributed by atoms with Gasteiger partial charge in [0, 0.05) is 24.5 Å². The van der Waals surface area contributed by atoms with Crippen LogP contribution in [0.2, 0.25) is 0 Å². The summed E-state index contributed by atoms with van der Waals surface area (Å²) < 4.78 is 0. The molecule has 18 heavy (non-hydrogen) atoms. The highest BCUT2D eigenvalue weighted by Gasteiger charge is 2.56. The Balaban J connectivity index is 1.73. The van der Waals surface area contributed by atoms with Crippen molar-refractivity contribution in [1.29, 1.82) is 0 Å². The number of carbonyl (C=O) groups is 1. The van der Waals surface area contributed by atoms with Crippen LogP contribution in [0, 0.1) is 17.0 Å². The molecule has 1 saturated carbocycles. The Labute approximate surface area is 108 Å². The van der Waals surface area contributed by atoms with Gasteiger partial charge in [0.2, 0.25) is 5.91 Å². The van der Waals surface area contributed by atoms with Gasteiger partial charge >= 0.3 is 0 Å². The molecule has 100 valence electrons. The highest BCUT2D eigenvalue weighted by molar-refractivity contribution is 5.78. The average Bonchev–Trinajstić information content (AvgIpc) is 2.72. The summed E-state index contributed by atoms with van der Waals surface area (Å²) in [6.07, 6.45) is 7.43. The summed E-state index contributed by atoms with van der Waals surface area (Å²) in [5, 5.41) is 13.3. The quantitative estimate of drug-likeness (QED) is 0.657. The van der Waals surface area contributed by atoms with Crippen LogP contribution in [0.25, 0.3) is 0 Å². The molecule has 0 spiro atoms. The summed E-state index contributed by atoms with van der Waals surface area (Å²) in [6.45, 7) is 0.692. The molecule has 3 aliphatic heterocycles. The number of nitrogens with zero attached hydrogens (tertiary/aromatic N) is 2. The van der Waals surface area contributed by atoms with E-state index in [4.69, 9.17) is 0 Å². The van der Waals surface area contributed by atoms with Crippen molar-refractivity contribution in [2.45, 2.75) is 63.1 Å². The van der Waals surface area contributed by atoms with E-state index in [-0.39, 0.29) is 12.1 Å². The minimum Gasteiger partial charge on any atom is -0.785 e. The molecule has 3 heterocycles. The van der Waals surface area contributed by atoms with Crippen LogP contribution in [-0.4, -0.2) is 40.5 Å². The fraction of sp³-hybridized carbons (Fsp3) is 0.929. The normalized spacial score (nSPS) is 47.9. The molecule has 0 aromatic carbocycles. The molecule has 1 aliphatic carbocycles. The largest absolute Gasteiger partial charge is 0.785 e. The summed E-state index contributed by atoms with van der Waals surface area (Å²) in [6, 6.07) is 0.827. The molecule has 1 amide bonds. The molecule has 4 aliphatic rings. The first-order valence-electron chi connectivity index (χ1n) is 7.52. The fourth-order valence-corrected chi connectivity index (χ4v) is 5.20. The molecule has 0 aromatic heterocycles. The number of piperidine rings is 2. The molecule has 5 unspecified atom stereocenters. The fourth-order valence-electron chi connectivity index (χ4n) is 5.20. The molecule has 4 nitrogen and oxygen atoms in total. The van der Waals surface area contributed by atoms with Crippen molar-refractivity contribution < 1.29 is 4.79 Å². The monoisotopic (exact) mass is 249 g/mol. The second-order valence-corrected chi connectivity index (χ2v) is 6.51. The van der Waals surface area contributed by atoms with E-state index in [9.17, 15) is 10.0 Å². The van der Waals surface area contributed by atoms with Crippen molar-refractivity contribution in [3.63, 3.8) is 0 Å². The molecule has 4 heteroatoms. The molecule has 0 radical (unpaired) electrons. The number of hydrogen-bond donors (Lipinski definition) is 0. The van der Waals surface area contributed by atoms with Crippen LogP contribution >= 0.6 is 0 Å². The second kappa shape index (κ2) is 3.94. The van der Waals surface area contributed by atoms with Crippen LogP contribution in [0.5, 0.6) is 0 Å². The topological polar surface area (TPSA) is 46.6 Å². The lowest BCUT2D eigenvalue weighted by Gasteiger charge is -2.52. The van der Waals surface area contributed by atoms with E-state index in [1.807, 2.05) is 0 Å². The van der Waals surface area contributed by atoms with E-state index in [2.05, 4.69) is 4.90 Å². The van der Waals surface area contributed by atoms with E-state index in [0.29, 0.717) is 36.8 Å². The van der Waals surface area contributed by atoms with E-state index >= 15 is 0 Å². The van der Waals surface area contributed by atoms with Gasteiger partial charge in [-0.25, -0.2) is 0 Å². The Kier molecular flexibility index (Phi) is 2.46. The van der Waals surface area contributed by atoms with Crippen molar-refractivity contribution in [3.8, 4) is 0 Å². The van der Waals surface area contributed by atoms with E-state index in [1.165, 1.54) is 30.7 Å². The molecule has 0 aromatic rings. The molecule has 0 bridgehead atoms. The number of hydrogen-bond acceptors (Lipinski definition) is 3. The first-order valence-corrected chi connectivity index (χ1v) is 7.52. The van der Waals surface area contributed by atoms with Gasteiger partial charge in [0.25, 0.3) is 0 Å². The van der Waals surface area contributed by atoms with Crippen LogP contribution in [0.15, 0.2) is 0 Å². The van der Waals surface area contributed by atoms with Crippen molar-refractivity contribution in [1.82, 2.24) is 9.96 Å². The first-order chi connectivity index (χ1) is 8.77. The van der Waals surface area contributed by atoms with Gasteiger partial charge in [-0.15, -0.1) is 0 Å². The van der Waals surface area contributed by atoms with E-state index in [1.54, 1.807) is 0 Å². The van der Waals surface area contributed by atoms with Gasteiger partial charge in [0.05, 0.1) is 0 Å². The summed E-state index contributed by atoms with van der Waals surface area (Å²) in [7, 11) is 0. The lowest BCUT2D eigenvalue weighted by molar-refractivity contribution is -0.141. The first kappa shape index (κ1) is 11.2. The lowest BCUT2D eigenvalue weighted by Crippen LogP contribution is -2.59. The molecule has 4 rings (SSSR count). The standard InChI is InChI=1S/C14H21N2O2/c17-13-6-5-12-14-10(7-8-15(12)18)9-3-1-2-4-11(9)16(13)14/h9-12,14H,1-8H2/q-1. The number of carbonyl (C=O) groups excluding carboxylic acids is 1. The Morgan fingerprint density at radius 1 is 1.00 bits per heavy atom. The molecular weight excluding hydrogens is 228 g/mol. The van der Waals surface area contributed by atoms with Crippen molar-refractivity contribution in [2.24, 2.45) is 11.8 Å². The highest BCUT2D eigenvalue weighted by Crippen LogP contribution is 2.50. The van der Waals surface area contributed by atoms with Gasteiger partial charge in [-0.1, -0.05) is 12.8 Å².